The van der Waals surface area contributed by atoms with E-state index in [9.17, 15) is 18.3 Å². The van der Waals surface area contributed by atoms with Crippen LogP contribution >= 0.6 is 0 Å². The lowest BCUT2D eigenvalue weighted by atomic mass is 9.87. The number of carbonyl (C=O) groups excluding carboxylic acids is 1. The Kier molecular flexibility index (Phi) is 8.24. The molecule has 1 amide bonds. The predicted molar refractivity (Wildman–Crippen MR) is 103 cm³/mol. The number of carbonyl (C=O) groups is 1. The molecule has 1 atom stereocenters. The van der Waals surface area contributed by atoms with E-state index in [1.807, 2.05) is 34.6 Å². The van der Waals surface area contributed by atoms with Gasteiger partial charge >= 0.3 is 0 Å². The van der Waals surface area contributed by atoms with Crippen molar-refractivity contribution in [1.82, 2.24) is 9.62 Å². The minimum absolute atomic E-state index is 0.0780. The first-order chi connectivity index (χ1) is 12.1. The van der Waals surface area contributed by atoms with Crippen molar-refractivity contribution in [3.8, 4) is 0 Å². The van der Waals surface area contributed by atoms with E-state index in [-0.39, 0.29) is 10.3 Å². The van der Waals surface area contributed by atoms with Crippen LogP contribution in [0.1, 0.15) is 53.0 Å². The smallest absolute Gasteiger partial charge is 0.243 e. The van der Waals surface area contributed by atoms with Gasteiger partial charge in [-0.25, -0.2) is 8.42 Å². The largest absolute Gasteiger partial charge is 0.394 e. The van der Waals surface area contributed by atoms with Crippen molar-refractivity contribution in [3.63, 3.8) is 0 Å². The summed E-state index contributed by atoms with van der Waals surface area (Å²) in [4.78, 5) is 14.3. The zero-order valence-corrected chi connectivity index (χ0v) is 17.3. The van der Waals surface area contributed by atoms with Gasteiger partial charge in [-0.05, 0) is 36.0 Å². The van der Waals surface area contributed by atoms with Crippen LogP contribution in [0.4, 0.5) is 0 Å². The number of aliphatic hydroxyl groups is 1. The third kappa shape index (κ3) is 6.07. The molecule has 7 heteroatoms. The average Bonchev–Trinajstić information content (AvgIpc) is 2.58. The lowest BCUT2D eigenvalue weighted by Crippen LogP contribution is -2.50. The van der Waals surface area contributed by atoms with Gasteiger partial charge in [-0.1, -0.05) is 46.8 Å². The highest BCUT2D eigenvalue weighted by atomic mass is 32.2. The Hall–Kier alpha value is -1.44. The fourth-order valence-electron chi connectivity index (χ4n) is 2.65. The fraction of sp³-hybridized carbons (Fsp3) is 0.632. The molecule has 1 aromatic rings. The molecule has 0 aliphatic carbocycles. The maximum Gasteiger partial charge on any atom is 0.243 e. The minimum Gasteiger partial charge on any atom is -0.394 e. The number of nitrogens with zero attached hydrogens (tertiary/aromatic N) is 1. The summed E-state index contributed by atoms with van der Waals surface area (Å²) in [5.41, 5.74) is 0.934. The zero-order valence-electron chi connectivity index (χ0n) is 16.4. The summed E-state index contributed by atoms with van der Waals surface area (Å²) in [6, 6.07) is 5.41. The molecule has 0 aliphatic heterocycles. The van der Waals surface area contributed by atoms with Crippen molar-refractivity contribution >= 4 is 15.9 Å². The second kappa shape index (κ2) is 9.48. The maximum atomic E-state index is 12.6. The molecule has 6 nitrogen and oxygen atoms in total. The van der Waals surface area contributed by atoms with E-state index in [2.05, 4.69) is 4.72 Å². The van der Waals surface area contributed by atoms with Gasteiger partial charge in [0, 0.05) is 13.1 Å². The summed E-state index contributed by atoms with van der Waals surface area (Å²) in [5.74, 6) is -0.397. The van der Waals surface area contributed by atoms with Gasteiger partial charge in [0.1, 0.15) is 6.04 Å². The first-order valence-corrected chi connectivity index (χ1v) is 10.6. The Morgan fingerprint density at radius 3 is 2.00 bits per heavy atom. The van der Waals surface area contributed by atoms with E-state index in [1.165, 1.54) is 12.1 Å². The van der Waals surface area contributed by atoms with Crippen LogP contribution < -0.4 is 4.72 Å². The number of rotatable bonds is 9. The molecule has 26 heavy (non-hydrogen) atoms. The molecule has 2 N–H and O–H groups in total. The van der Waals surface area contributed by atoms with Gasteiger partial charge < -0.3 is 10.0 Å². The van der Waals surface area contributed by atoms with Crippen molar-refractivity contribution in [2.24, 2.45) is 0 Å². The van der Waals surface area contributed by atoms with Crippen LogP contribution in [0, 0.1) is 0 Å². The van der Waals surface area contributed by atoms with Crippen molar-refractivity contribution in [2.75, 3.05) is 19.7 Å². The second-order valence-corrected chi connectivity index (χ2v) is 9.17. The highest BCUT2D eigenvalue weighted by Gasteiger charge is 2.28. The van der Waals surface area contributed by atoms with Crippen molar-refractivity contribution in [2.45, 2.75) is 63.8 Å². The molecule has 0 heterocycles. The van der Waals surface area contributed by atoms with E-state index >= 15 is 0 Å². The molecular formula is C19H32N2O4S. The van der Waals surface area contributed by atoms with E-state index in [1.54, 1.807) is 17.0 Å². The summed E-state index contributed by atoms with van der Waals surface area (Å²) in [7, 11) is -3.90. The van der Waals surface area contributed by atoms with E-state index in [4.69, 9.17) is 0 Å². The molecule has 0 aromatic heterocycles. The van der Waals surface area contributed by atoms with Gasteiger partial charge in [0.25, 0.3) is 0 Å². The maximum absolute atomic E-state index is 12.6. The topological polar surface area (TPSA) is 86.7 Å². The summed E-state index contributed by atoms with van der Waals surface area (Å²) < 4.78 is 27.6. The SMILES string of the molecule is CCCN(CCC)C(=O)[C@H](CO)NS(=O)(=O)c1ccc(C(C)(C)C)cc1. The standard InChI is InChI=1S/C19H32N2O4S/c1-6-12-21(13-7-2)18(23)17(14-22)20-26(24,25)16-10-8-15(9-11-16)19(3,4)5/h8-11,17,20,22H,6-7,12-14H2,1-5H3/t17-/m0/s1. The van der Waals surface area contributed by atoms with E-state index < -0.39 is 28.6 Å². The van der Waals surface area contributed by atoms with Crippen LogP contribution in [-0.4, -0.2) is 50.1 Å². The number of benzene rings is 1. The number of amides is 1. The van der Waals surface area contributed by atoms with Crippen molar-refractivity contribution in [1.29, 1.82) is 0 Å². The van der Waals surface area contributed by atoms with Gasteiger partial charge in [-0.15, -0.1) is 0 Å². The first-order valence-electron chi connectivity index (χ1n) is 9.09. The molecular weight excluding hydrogens is 352 g/mol. The van der Waals surface area contributed by atoms with Crippen molar-refractivity contribution in [3.05, 3.63) is 29.8 Å². The predicted octanol–water partition coefficient (Wildman–Crippen LogP) is 2.27. The summed E-state index contributed by atoms with van der Waals surface area (Å²) in [5, 5.41) is 9.57. The van der Waals surface area contributed by atoms with Gasteiger partial charge in [0.2, 0.25) is 15.9 Å². The lowest BCUT2D eigenvalue weighted by molar-refractivity contribution is -0.134. The van der Waals surface area contributed by atoms with Crippen LogP contribution in [0.25, 0.3) is 0 Å². The molecule has 0 unspecified atom stereocenters. The Bertz CT molecular complexity index is 672. The molecule has 0 saturated carbocycles. The lowest BCUT2D eigenvalue weighted by Gasteiger charge is -2.26. The third-order valence-electron chi connectivity index (χ3n) is 4.11. The fourth-order valence-corrected chi connectivity index (χ4v) is 3.83. The Labute approximate surface area is 157 Å². The number of nitrogens with one attached hydrogen (secondary N) is 1. The molecule has 0 aliphatic rings. The Morgan fingerprint density at radius 1 is 1.12 bits per heavy atom. The van der Waals surface area contributed by atoms with Gasteiger partial charge in [0.05, 0.1) is 11.5 Å². The number of aliphatic hydroxyl groups excluding tert-OH is 1. The molecule has 1 rings (SSSR count). The second-order valence-electron chi connectivity index (χ2n) is 7.46. The highest BCUT2D eigenvalue weighted by Crippen LogP contribution is 2.23. The minimum atomic E-state index is -3.90. The molecule has 0 saturated heterocycles. The van der Waals surface area contributed by atoms with Gasteiger partial charge in [-0.3, -0.25) is 4.79 Å². The number of sulfonamides is 1. The summed E-state index contributed by atoms with van der Waals surface area (Å²) >= 11 is 0. The van der Waals surface area contributed by atoms with Crippen LogP contribution in [0.5, 0.6) is 0 Å². The number of hydrogen-bond donors (Lipinski definition) is 2. The molecule has 0 spiro atoms. The molecule has 0 bridgehead atoms. The Balaban J connectivity index is 2.99. The van der Waals surface area contributed by atoms with Gasteiger partial charge in [0.15, 0.2) is 0 Å². The van der Waals surface area contributed by atoms with Crippen LogP contribution in [0.3, 0.4) is 0 Å². The Morgan fingerprint density at radius 2 is 1.62 bits per heavy atom. The first kappa shape index (κ1) is 22.6. The normalized spacial score (nSPS) is 13.5. The molecule has 0 fully saturated rings. The zero-order chi connectivity index (χ0) is 20.0. The molecule has 1 aromatic carbocycles. The summed E-state index contributed by atoms with van der Waals surface area (Å²) in [6.45, 7) is 10.5. The van der Waals surface area contributed by atoms with Crippen LogP contribution in [0.15, 0.2) is 29.2 Å². The summed E-state index contributed by atoms with van der Waals surface area (Å²) in [6.07, 6.45) is 1.54. The van der Waals surface area contributed by atoms with E-state index in [0.29, 0.717) is 13.1 Å². The van der Waals surface area contributed by atoms with E-state index in [0.717, 1.165) is 18.4 Å². The monoisotopic (exact) mass is 384 g/mol. The molecule has 148 valence electrons. The van der Waals surface area contributed by atoms with Crippen LogP contribution in [-0.2, 0) is 20.2 Å². The van der Waals surface area contributed by atoms with Crippen LogP contribution in [0.2, 0.25) is 0 Å². The van der Waals surface area contributed by atoms with Crippen molar-refractivity contribution < 1.29 is 18.3 Å². The number of hydrogen-bond acceptors (Lipinski definition) is 4. The van der Waals surface area contributed by atoms with Gasteiger partial charge in [-0.2, -0.15) is 4.72 Å². The highest BCUT2D eigenvalue weighted by molar-refractivity contribution is 7.89. The average molecular weight is 385 g/mol. The third-order valence-corrected chi connectivity index (χ3v) is 5.60. The molecule has 0 radical (unpaired) electrons. The quantitative estimate of drug-likeness (QED) is 0.684.